The van der Waals surface area contributed by atoms with Gasteiger partial charge in [-0.25, -0.2) is 0 Å². The fraction of sp³-hybridized carbons (Fsp3) is 0.909. The van der Waals surface area contributed by atoms with Crippen LogP contribution in [-0.2, 0) is 0 Å². The van der Waals surface area contributed by atoms with Gasteiger partial charge < -0.3 is 9.80 Å². The third-order valence-electron chi connectivity index (χ3n) is 2.46. The Morgan fingerprint density at radius 1 is 1.38 bits per heavy atom. The second kappa shape index (κ2) is 7.56. The molecule has 0 aromatic carbocycles. The van der Waals surface area contributed by atoms with Crippen LogP contribution in [0, 0.1) is 0 Å². The Labute approximate surface area is 112 Å². The summed E-state index contributed by atoms with van der Waals surface area (Å²) in [5.74, 6) is 0. The van der Waals surface area contributed by atoms with E-state index in [1.54, 1.807) is 0 Å². The molecule has 0 aromatic rings. The van der Waals surface area contributed by atoms with Gasteiger partial charge in [0.15, 0.2) is 5.17 Å². The quantitative estimate of drug-likeness (QED) is 0.701. The Balaban J connectivity index is 2.44. The normalized spacial score (nSPS) is 20.3. The molecule has 1 aliphatic heterocycles. The molecule has 0 fully saturated rings. The number of hydrogen-bond donors (Lipinski definition) is 0. The van der Waals surface area contributed by atoms with E-state index in [0.29, 0.717) is 5.25 Å². The van der Waals surface area contributed by atoms with E-state index in [1.165, 1.54) is 11.6 Å². The van der Waals surface area contributed by atoms with Gasteiger partial charge in [-0.1, -0.05) is 34.6 Å². The minimum absolute atomic E-state index is 0.633. The number of rotatable bonds is 6. The number of hydrogen-bond acceptors (Lipinski definition) is 4. The van der Waals surface area contributed by atoms with E-state index in [2.05, 4.69) is 51.7 Å². The van der Waals surface area contributed by atoms with Crippen molar-refractivity contribution in [3.63, 3.8) is 0 Å². The highest BCUT2D eigenvalue weighted by atomic mass is 79.9. The molecule has 0 aromatic heterocycles. The second-order valence-corrected chi connectivity index (χ2v) is 6.22. The van der Waals surface area contributed by atoms with Crippen molar-refractivity contribution < 1.29 is 0 Å². The summed E-state index contributed by atoms with van der Waals surface area (Å²) < 4.78 is 0. The van der Waals surface area contributed by atoms with Crippen LogP contribution in [0.2, 0.25) is 0 Å². The highest BCUT2D eigenvalue weighted by Crippen LogP contribution is 2.24. The van der Waals surface area contributed by atoms with Crippen molar-refractivity contribution in [2.45, 2.75) is 18.6 Å². The summed E-state index contributed by atoms with van der Waals surface area (Å²) in [6, 6.07) is 0. The molecule has 1 rings (SSSR count). The van der Waals surface area contributed by atoms with Gasteiger partial charge in [0.25, 0.3) is 0 Å². The minimum atomic E-state index is 0.633. The van der Waals surface area contributed by atoms with E-state index in [4.69, 9.17) is 0 Å². The van der Waals surface area contributed by atoms with Crippen LogP contribution in [0.5, 0.6) is 0 Å². The average molecular weight is 308 g/mol. The molecule has 16 heavy (non-hydrogen) atoms. The lowest BCUT2D eigenvalue weighted by atomic mass is 10.4. The van der Waals surface area contributed by atoms with Crippen molar-refractivity contribution in [2.24, 2.45) is 4.99 Å². The lowest BCUT2D eigenvalue weighted by molar-refractivity contribution is 0.332. The Morgan fingerprint density at radius 2 is 2.12 bits per heavy atom. The molecule has 0 radical (unpaired) electrons. The summed E-state index contributed by atoms with van der Waals surface area (Å²) in [4.78, 5) is 9.29. The topological polar surface area (TPSA) is 18.8 Å². The van der Waals surface area contributed by atoms with Crippen LogP contribution in [0.15, 0.2) is 4.99 Å². The lowest BCUT2D eigenvalue weighted by Gasteiger charge is -2.25. The molecule has 5 heteroatoms. The van der Waals surface area contributed by atoms with Gasteiger partial charge >= 0.3 is 0 Å². The van der Waals surface area contributed by atoms with Crippen LogP contribution in [0.4, 0.5) is 0 Å². The van der Waals surface area contributed by atoms with E-state index in [9.17, 15) is 0 Å². The van der Waals surface area contributed by atoms with Gasteiger partial charge in [0.1, 0.15) is 0 Å². The Hall–Kier alpha value is 0.260. The maximum absolute atomic E-state index is 4.64. The molecule has 0 amide bonds. The van der Waals surface area contributed by atoms with E-state index >= 15 is 0 Å². The molecule has 1 atom stereocenters. The van der Waals surface area contributed by atoms with Crippen LogP contribution in [0.3, 0.4) is 0 Å². The standard InChI is InChI=1S/C11H22BrN3S/c1-4-5-15(7-6-14(2)3)11-13-9-10(8-12)16-11/h10H,4-9H2,1-3H3. The molecular weight excluding hydrogens is 286 g/mol. The molecule has 0 N–H and O–H groups in total. The molecule has 0 saturated heterocycles. The van der Waals surface area contributed by atoms with Crippen molar-refractivity contribution in [3.05, 3.63) is 0 Å². The summed E-state index contributed by atoms with van der Waals surface area (Å²) in [5, 5.41) is 2.92. The summed E-state index contributed by atoms with van der Waals surface area (Å²) in [6.45, 7) is 6.49. The zero-order chi connectivity index (χ0) is 12.0. The van der Waals surface area contributed by atoms with Crippen molar-refractivity contribution in [1.29, 1.82) is 0 Å². The number of likely N-dealkylation sites (N-methyl/N-ethyl adjacent to an activating group) is 1. The van der Waals surface area contributed by atoms with Crippen molar-refractivity contribution in [2.75, 3.05) is 45.6 Å². The minimum Gasteiger partial charge on any atom is -0.350 e. The number of amidine groups is 1. The highest BCUT2D eigenvalue weighted by Gasteiger charge is 2.22. The van der Waals surface area contributed by atoms with Gasteiger partial charge in [-0.15, -0.1) is 0 Å². The van der Waals surface area contributed by atoms with Crippen LogP contribution < -0.4 is 0 Å². The van der Waals surface area contributed by atoms with Crippen LogP contribution in [0.1, 0.15) is 13.3 Å². The summed E-state index contributed by atoms with van der Waals surface area (Å²) in [7, 11) is 4.24. The predicted molar refractivity (Wildman–Crippen MR) is 77.9 cm³/mol. The Bertz CT molecular complexity index is 233. The van der Waals surface area contributed by atoms with Crippen molar-refractivity contribution in [1.82, 2.24) is 9.80 Å². The highest BCUT2D eigenvalue weighted by molar-refractivity contribution is 9.09. The number of alkyl halides is 1. The Kier molecular flexibility index (Phi) is 6.77. The number of nitrogens with zero attached hydrogens (tertiary/aromatic N) is 3. The average Bonchev–Trinajstić information content (AvgIpc) is 2.72. The molecule has 0 spiro atoms. The molecule has 0 bridgehead atoms. The zero-order valence-electron chi connectivity index (χ0n) is 10.4. The second-order valence-electron chi connectivity index (χ2n) is 4.31. The van der Waals surface area contributed by atoms with Crippen LogP contribution in [-0.4, -0.2) is 65.8 Å². The fourth-order valence-corrected chi connectivity index (χ4v) is 3.14. The molecule has 94 valence electrons. The number of aliphatic imine (C=N–C) groups is 1. The lowest BCUT2D eigenvalue weighted by Crippen LogP contribution is -2.35. The van der Waals surface area contributed by atoms with E-state index in [0.717, 1.165) is 31.5 Å². The SMILES string of the molecule is CCCN(CCN(C)C)C1=NCC(CBr)S1. The predicted octanol–water partition coefficient (Wildman–Crippen LogP) is 2.13. The van der Waals surface area contributed by atoms with Gasteiger partial charge in [-0.2, -0.15) is 0 Å². The maximum Gasteiger partial charge on any atom is 0.159 e. The van der Waals surface area contributed by atoms with E-state index in [-0.39, 0.29) is 0 Å². The van der Waals surface area contributed by atoms with Gasteiger partial charge in [-0.05, 0) is 20.5 Å². The summed E-state index contributed by atoms with van der Waals surface area (Å²) in [6.07, 6.45) is 1.19. The molecule has 1 aliphatic rings. The monoisotopic (exact) mass is 307 g/mol. The zero-order valence-corrected chi connectivity index (χ0v) is 12.9. The first-order valence-corrected chi connectivity index (χ1v) is 7.84. The van der Waals surface area contributed by atoms with Crippen molar-refractivity contribution >= 4 is 32.9 Å². The number of thioether (sulfide) groups is 1. The number of halogens is 1. The summed E-state index contributed by atoms with van der Waals surface area (Å²) in [5.41, 5.74) is 0. The van der Waals surface area contributed by atoms with Crippen LogP contribution >= 0.6 is 27.7 Å². The third kappa shape index (κ3) is 4.63. The molecular formula is C11H22BrN3S. The van der Waals surface area contributed by atoms with E-state index < -0.39 is 0 Å². The third-order valence-corrected chi connectivity index (χ3v) is 4.91. The molecule has 3 nitrogen and oxygen atoms in total. The largest absolute Gasteiger partial charge is 0.350 e. The maximum atomic E-state index is 4.64. The fourth-order valence-electron chi connectivity index (χ4n) is 1.55. The van der Waals surface area contributed by atoms with Gasteiger partial charge in [0.05, 0.1) is 6.54 Å². The first-order chi connectivity index (χ1) is 7.67. The van der Waals surface area contributed by atoms with Crippen LogP contribution in [0.25, 0.3) is 0 Å². The smallest absolute Gasteiger partial charge is 0.159 e. The first-order valence-electron chi connectivity index (χ1n) is 5.84. The first kappa shape index (κ1) is 14.3. The molecule has 0 aliphatic carbocycles. The van der Waals surface area contributed by atoms with Gasteiger partial charge in [0.2, 0.25) is 0 Å². The van der Waals surface area contributed by atoms with Gasteiger partial charge in [-0.3, -0.25) is 4.99 Å². The molecule has 1 heterocycles. The van der Waals surface area contributed by atoms with Crippen molar-refractivity contribution in [3.8, 4) is 0 Å². The van der Waals surface area contributed by atoms with E-state index in [1.807, 2.05) is 11.8 Å². The molecule has 0 saturated carbocycles. The summed E-state index contributed by atoms with van der Waals surface area (Å²) >= 11 is 5.45. The van der Waals surface area contributed by atoms with Gasteiger partial charge in [0, 0.05) is 30.2 Å². The molecule has 1 unspecified atom stereocenters. The Morgan fingerprint density at radius 3 is 2.62 bits per heavy atom.